The van der Waals surface area contributed by atoms with Crippen molar-refractivity contribution in [1.82, 2.24) is 15.3 Å². The number of rotatable bonds is 6. The second kappa shape index (κ2) is 7.99. The Labute approximate surface area is 163 Å². The van der Waals surface area contributed by atoms with Gasteiger partial charge in [-0.1, -0.05) is 17.4 Å². The minimum absolute atomic E-state index is 0.143. The summed E-state index contributed by atoms with van der Waals surface area (Å²) >= 11 is 1.33. The van der Waals surface area contributed by atoms with E-state index in [0.29, 0.717) is 15.9 Å². The van der Waals surface area contributed by atoms with Gasteiger partial charge in [0.05, 0.1) is 11.7 Å². The highest BCUT2D eigenvalue weighted by atomic mass is 32.1. The van der Waals surface area contributed by atoms with Gasteiger partial charge in [0.1, 0.15) is 16.8 Å². The largest absolute Gasteiger partial charge is 0.317 e. The monoisotopic (exact) mass is 378 g/mol. The average molecular weight is 379 g/mol. The minimum atomic E-state index is -0.143. The summed E-state index contributed by atoms with van der Waals surface area (Å²) in [4.78, 5) is 14.0. The molecule has 0 bridgehead atoms. The highest BCUT2D eigenvalue weighted by Gasteiger charge is 2.32. The maximum atomic E-state index is 8.94. The van der Waals surface area contributed by atoms with Crippen molar-refractivity contribution < 1.29 is 0 Å². The van der Waals surface area contributed by atoms with Crippen LogP contribution in [0.1, 0.15) is 29.7 Å². The van der Waals surface area contributed by atoms with E-state index in [1.807, 2.05) is 12.4 Å². The van der Waals surface area contributed by atoms with E-state index in [1.54, 1.807) is 6.20 Å². The van der Waals surface area contributed by atoms with E-state index >= 15 is 0 Å². The highest BCUT2D eigenvalue weighted by Crippen LogP contribution is 2.33. The molecule has 6 nitrogen and oxygen atoms in total. The summed E-state index contributed by atoms with van der Waals surface area (Å²) in [6.45, 7) is 2.21. The molecule has 4 rings (SSSR count). The fourth-order valence-corrected chi connectivity index (χ4v) is 4.46. The zero-order valence-corrected chi connectivity index (χ0v) is 15.9. The molecule has 0 radical (unpaired) electrons. The van der Waals surface area contributed by atoms with Crippen LogP contribution in [-0.4, -0.2) is 34.8 Å². The number of anilines is 2. The van der Waals surface area contributed by atoms with Gasteiger partial charge in [-0.25, -0.2) is 9.97 Å². The summed E-state index contributed by atoms with van der Waals surface area (Å²) < 4.78 is 0. The SMILES string of the molecule is N#Cc1cnc(Nc2cc(CC3(CC4CCNCC4)C=CC=N3)ccn2)s1. The van der Waals surface area contributed by atoms with Gasteiger partial charge in [-0.05, 0) is 62.0 Å². The number of piperidine rings is 1. The number of allylic oxidation sites excluding steroid dienone is 1. The molecule has 7 heteroatoms. The zero-order valence-electron chi connectivity index (χ0n) is 15.1. The zero-order chi connectivity index (χ0) is 18.5. The molecule has 1 atom stereocenters. The van der Waals surface area contributed by atoms with Gasteiger partial charge in [-0.15, -0.1) is 0 Å². The summed E-state index contributed by atoms with van der Waals surface area (Å²) in [5.41, 5.74) is 1.05. The second-order valence-electron chi connectivity index (χ2n) is 7.13. The van der Waals surface area contributed by atoms with Crippen molar-refractivity contribution in [3.63, 3.8) is 0 Å². The van der Waals surface area contributed by atoms with E-state index in [9.17, 15) is 0 Å². The first-order valence-corrected chi connectivity index (χ1v) is 10.1. The van der Waals surface area contributed by atoms with Gasteiger partial charge in [-0.2, -0.15) is 5.26 Å². The number of aliphatic imine (C=N–C) groups is 1. The molecule has 138 valence electrons. The van der Waals surface area contributed by atoms with Gasteiger partial charge < -0.3 is 10.6 Å². The maximum absolute atomic E-state index is 8.94. The predicted molar refractivity (Wildman–Crippen MR) is 109 cm³/mol. The molecule has 27 heavy (non-hydrogen) atoms. The minimum Gasteiger partial charge on any atom is -0.317 e. The Kier molecular flexibility index (Phi) is 5.28. The first-order valence-electron chi connectivity index (χ1n) is 9.26. The molecule has 1 unspecified atom stereocenters. The van der Waals surface area contributed by atoms with Crippen molar-refractivity contribution in [3.05, 3.63) is 47.1 Å². The quantitative estimate of drug-likeness (QED) is 0.804. The molecule has 2 N–H and O–H groups in total. The third-order valence-corrected chi connectivity index (χ3v) is 5.93. The Morgan fingerprint density at radius 2 is 2.22 bits per heavy atom. The summed E-state index contributed by atoms with van der Waals surface area (Å²) in [5.74, 6) is 1.46. The molecule has 4 heterocycles. The average Bonchev–Trinajstić information content (AvgIpc) is 3.32. The van der Waals surface area contributed by atoms with Gasteiger partial charge in [0.25, 0.3) is 0 Å². The van der Waals surface area contributed by atoms with Crippen LogP contribution in [0.3, 0.4) is 0 Å². The van der Waals surface area contributed by atoms with Gasteiger partial charge in [0.2, 0.25) is 0 Å². The van der Waals surface area contributed by atoms with Crippen molar-refractivity contribution in [1.29, 1.82) is 5.26 Å². The summed E-state index contributed by atoms with van der Waals surface area (Å²) in [6, 6.07) is 6.21. The third kappa shape index (κ3) is 4.41. The molecule has 2 aromatic rings. The van der Waals surface area contributed by atoms with Gasteiger partial charge in [0.15, 0.2) is 5.13 Å². The number of nitriles is 1. The lowest BCUT2D eigenvalue weighted by Gasteiger charge is -2.32. The van der Waals surface area contributed by atoms with Crippen LogP contribution in [0.15, 0.2) is 41.7 Å². The Balaban J connectivity index is 1.48. The fraction of sp³-hybridized carbons (Fsp3) is 0.400. The standard InChI is InChI=1S/C20H22N6S/c21-13-17-14-24-19(27-17)26-18-10-16(4-9-23-18)12-20(5-1-6-25-20)11-15-2-7-22-8-3-15/h1,4-6,9-10,14-15,22H,2-3,7-8,11-12H2,(H,23,24,26). The van der Waals surface area contributed by atoms with Crippen LogP contribution in [0.4, 0.5) is 10.9 Å². The molecular weight excluding hydrogens is 356 g/mol. The number of aromatic nitrogens is 2. The van der Waals surface area contributed by atoms with Crippen molar-refractivity contribution in [2.75, 3.05) is 18.4 Å². The Morgan fingerprint density at radius 1 is 1.33 bits per heavy atom. The van der Waals surface area contributed by atoms with Crippen LogP contribution in [0.5, 0.6) is 0 Å². The smallest absolute Gasteiger partial charge is 0.189 e. The predicted octanol–water partition coefficient (Wildman–Crippen LogP) is 3.46. The van der Waals surface area contributed by atoms with Crippen LogP contribution in [0, 0.1) is 17.2 Å². The second-order valence-corrected chi connectivity index (χ2v) is 8.16. The molecule has 0 aromatic carbocycles. The third-order valence-electron chi connectivity index (χ3n) is 5.11. The first-order chi connectivity index (χ1) is 13.2. The molecule has 0 amide bonds. The fourth-order valence-electron chi connectivity index (χ4n) is 3.84. The van der Waals surface area contributed by atoms with Crippen LogP contribution in [-0.2, 0) is 6.42 Å². The normalized spacial score (nSPS) is 22.0. The van der Waals surface area contributed by atoms with Crippen LogP contribution in [0.2, 0.25) is 0 Å². The molecule has 1 saturated heterocycles. The topological polar surface area (TPSA) is 86.0 Å². The molecule has 2 aliphatic rings. The molecular formula is C20H22N6S. The number of nitrogens with one attached hydrogen (secondary N) is 2. The first kappa shape index (κ1) is 17.8. The van der Waals surface area contributed by atoms with E-state index in [4.69, 9.17) is 10.3 Å². The number of nitrogens with zero attached hydrogens (tertiary/aromatic N) is 4. The Bertz CT molecular complexity index is 876. The highest BCUT2D eigenvalue weighted by molar-refractivity contribution is 7.16. The van der Waals surface area contributed by atoms with E-state index < -0.39 is 0 Å². The molecule has 2 aliphatic heterocycles. The van der Waals surface area contributed by atoms with Crippen molar-refractivity contribution >= 4 is 28.5 Å². The lowest BCUT2D eigenvalue weighted by molar-refractivity contribution is 0.300. The molecule has 2 aromatic heterocycles. The van der Waals surface area contributed by atoms with E-state index in [0.717, 1.165) is 31.7 Å². The lowest BCUT2D eigenvalue weighted by atomic mass is 9.80. The molecule has 0 saturated carbocycles. The molecule has 0 spiro atoms. The number of hydrogen-bond acceptors (Lipinski definition) is 7. The maximum Gasteiger partial charge on any atom is 0.189 e. The van der Waals surface area contributed by atoms with Gasteiger partial charge in [-0.3, -0.25) is 4.99 Å². The van der Waals surface area contributed by atoms with Gasteiger partial charge in [0, 0.05) is 18.8 Å². The number of thiazole rings is 1. The summed E-state index contributed by atoms with van der Waals surface area (Å²) in [5, 5.41) is 16.3. The summed E-state index contributed by atoms with van der Waals surface area (Å²) in [6.07, 6.45) is 14.0. The van der Waals surface area contributed by atoms with Crippen molar-refractivity contribution in [2.45, 2.75) is 31.2 Å². The van der Waals surface area contributed by atoms with E-state index in [-0.39, 0.29) is 5.54 Å². The van der Waals surface area contributed by atoms with Crippen LogP contribution in [0.25, 0.3) is 0 Å². The summed E-state index contributed by atoms with van der Waals surface area (Å²) in [7, 11) is 0. The number of pyridine rings is 1. The van der Waals surface area contributed by atoms with E-state index in [2.05, 4.69) is 51.0 Å². The van der Waals surface area contributed by atoms with E-state index in [1.165, 1.54) is 29.7 Å². The Morgan fingerprint density at radius 3 is 2.96 bits per heavy atom. The lowest BCUT2D eigenvalue weighted by Crippen LogP contribution is -2.34. The van der Waals surface area contributed by atoms with Crippen molar-refractivity contribution in [3.8, 4) is 6.07 Å². The van der Waals surface area contributed by atoms with Gasteiger partial charge >= 0.3 is 0 Å². The van der Waals surface area contributed by atoms with Crippen LogP contribution < -0.4 is 10.6 Å². The van der Waals surface area contributed by atoms with Crippen LogP contribution >= 0.6 is 11.3 Å². The Hall–Kier alpha value is -2.56. The molecule has 1 fully saturated rings. The number of hydrogen-bond donors (Lipinski definition) is 2. The molecule has 0 aliphatic carbocycles. The van der Waals surface area contributed by atoms with Crippen molar-refractivity contribution in [2.24, 2.45) is 10.9 Å².